The van der Waals surface area contributed by atoms with Crippen molar-refractivity contribution in [2.45, 2.75) is 25.7 Å². The third kappa shape index (κ3) is 3.47. The molecule has 0 unspecified atom stereocenters. The predicted octanol–water partition coefficient (Wildman–Crippen LogP) is 1.54. The lowest BCUT2D eigenvalue weighted by molar-refractivity contribution is -0.126. The van der Waals surface area contributed by atoms with Gasteiger partial charge in [0.25, 0.3) is 5.91 Å². The largest absolute Gasteiger partial charge is 0.484 e. The van der Waals surface area contributed by atoms with Crippen molar-refractivity contribution < 1.29 is 9.53 Å². The highest BCUT2D eigenvalue weighted by atomic mass is 16.5. The standard InChI is InChI=1S/C14H20N2O2/c1-16(2)15-14(17)10-18-13-8-7-11-5-3-4-6-12(11)9-13/h7-9H,3-6,10H2,1-2H3,(H,15,17). The first-order chi connectivity index (χ1) is 8.65. The van der Waals surface area contributed by atoms with E-state index in [4.69, 9.17) is 4.74 Å². The molecule has 18 heavy (non-hydrogen) atoms. The molecule has 1 aliphatic rings. The van der Waals surface area contributed by atoms with Crippen molar-refractivity contribution in [3.05, 3.63) is 29.3 Å². The van der Waals surface area contributed by atoms with Crippen LogP contribution in [-0.2, 0) is 17.6 Å². The Labute approximate surface area is 108 Å². The number of benzene rings is 1. The minimum atomic E-state index is -0.141. The van der Waals surface area contributed by atoms with E-state index < -0.39 is 0 Å². The predicted molar refractivity (Wildman–Crippen MR) is 70.4 cm³/mol. The SMILES string of the molecule is CN(C)NC(=O)COc1ccc2c(c1)CCCC2. The molecule has 0 bridgehead atoms. The molecule has 1 N–H and O–H groups in total. The molecular weight excluding hydrogens is 228 g/mol. The van der Waals surface area contributed by atoms with Crippen molar-refractivity contribution in [2.24, 2.45) is 0 Å². The number of rotatable bonds is 4. The van der Waals surface area contributed by atoms with Crippen molar-refractivity contribution in [3.63, 3.8) is 0 Å². The van der Waals surface area contributed by atoms with Crippen molar-refractivity contribution in [3.8, 4) is 5.75 Å². The molecule has 1 aliphatic carbocycles. The van der Waals surface area contributed by atoms with Crippen molar-refractivity contribution in [2.75, 3.05) is 20.7 Å². The number of hydrazine groups is 1. The van der Waals surface area contributed by atoms with E-state index in [0.717, 1.165) is 18.6 Å². The van der Waals surface area contributed by atoms with Gasteiger partial charge in [0.1, 0.15) is 5.75 Å². The number of carbonyl (C=O) groups is 1. The van der Waals surface area contributed by atoms with Gasteiger partial charge in [-0.25, -0.2) is 5.01 Å². The summed E-state index contributed by atoms with van der Waals surface area (Å²) in [7, 11) is 3.55. The summed E-state index contributed by atoms with van der Waals surface area (Å²) >= 11 is 0. The van der Waals surface area contributed by atoms with Crippen LogP contribution in [0.5, 0.6) is 5.75 Å². The van der Waals surface area contributed by atoms with Gasteiger partial charge in [-0.1, -0.05) is 6.07 Å². The van der Waals surface area contributed by atoms with Gasteiger partial charge >= 0.3 is 0 Å². The maximum Gasteiger partial charge on any atom is 0.272 e. The molecule has 1 aromatic carbocycles. The van der Waals surface area contributed by atoms with Gasteiger partial charge in [-0.15, -0.1) is 0 Å². The summed E-state index contributed by atoms with van der Waals surface area (Å²) in [5.41, 5.74) is 5.43. The van der Waals surface area contributed by atoms with E-state index in [1.54, 1.807) is 19.1 Å². The minimum absolute atomic E-state index is 0.0525. The van der Waals surface area contributed by atoms with Crippen LogP contribution in [0.15, 0.2) is 18.2 Å². The fraction of sp³-hybridized carbons (Fsp3) is 0.500. The summed E-state index contributed by atoms with van der Waals surface area (Å²) in [6.07, 6.45) is 4.81. The Hall–Kier alpha value is -1.55. The van der Waals surface area contributed by atoms with Crippen LogP contribution in [0.2, 0.25) is 0 Å². The van der Waals surface area contributed by atoms with E-state index >= 15 is 0 Å². The Morgan fingerprint density at radius 2 is 2.00 bits per heavy atom. The molecule has 4 heteroatoms. The normalized spacial score (nSPS) is 14.2. The Bertz CT molecular complexity index is 430. The second-order valence-corrected chi connectivity index (χ2v) is 4.86. The third-order valence-electron chi connectivity index (χ3n) is 3.04. The number of carbonyl (C=O) groups excluding carboxylic acids is 1. The van der Waals surface area contributed by atoms with Gasteiger partial charge in [0.15, 0.2) is 6.61 Å². The topological polar surface area (TPSA) is 41.6 Å². The quantitative estimate of drug-likeness (QED) is 0.822. The van der Waals surface area contributed by atoms with Crippen LogP contribution in [-0.4, -0.2) is 31.6 Å². The van der Waals surface area contributed by atoms with E-state index in [9.17, 15) is 4.79 Å². The van der Waals surface area contributed by atoms with E-state index in [0.29, 0.717) is 0 Å². The molecule has 0 saturated heterocycles. The molecule has 4 nitrogen and oxygen atoms in total. The van der Waals surface area contributed by atoms with Crippen LogP contribution < -0.4 is 10.2 Å². The van der Waals surface area contributed by atoms with Gasteiger partial charge in [-0.05, 0) is 48.9 Å². The van der Waals surface area contributed by atoms with Crippen molar-refractivity contribution in [1.82, 2.24) is 10.4 Å². The molecule has 0 aromatic heterocycles. The zero-order valence-corrected chi connectivity index (χ0v) is 11.0. The van der Waals surface area contributed by atoms with Gasteiger partial charge in [0, 0.05) is 14.1 Å². The average molecular weight is 248 g/mol. The van der Waals surface area contributed by atoms with Gasteiger partial charge in [-0.2, -0.15) is 0 Å². The van der Waals surface area contributed by atoms with Crippen LogP contribution in [0.3, 0.4) is 0 Å². The zero-order valence-electron chi connectivity index (χ0n) is 11.0. The summed E-state index contributed by atoms with van der Waals surface area (Å²) in [5.74, 6) is 0.641. The molecule has 0 fully saturated rings. The highest BCUT2D eigenvalue weighted by Crippen LogP contribution is 2.25. The molecule has 1 aromatic rings. The summed E-state index contributed by atoms with van der Waals surface area (Å²) in [6, 6.07) is 6.14. The first kappa shape index (κ1) is 12.9. The molecule has 2 rings (SSSR count). The Kier molecular flexibility index (Phi) is 4.20. The van der Waals surface area contributed by atoms with E-state index in [1.807, 2.05) is 6.07 Å². The van der Waals surface area contributed by atoms with Crippen LogP contribution in [0, 0.1) is 0 Å². The number of fused-ring (bicyclic) bond motifs is 1. The minimum Gasteiger partial charge on any atom is -0.484 e. The van der Waals surface area contributed by atoms with Gasteiger partial charge < -0.3 is 4.74 Å². The molecule has 0 heterocycles. The number of hydrogen-bond donors (Lipinski definition) is 1. The molecule has 0 atom stereocenters. The number of hydrogen-bond acceptors (Lipinski definition) is 3. The first-order valence-corrected chi connectivity index (χ1v) is 6.36. The highest BCUT2D eigenvalue weighted by molar-refractivity contribution is 5.76. The smallest absolute Gasteiger partial charge is 0.272 e. The second-order valence-electron chi connectivity index (χ2n) is 4.86. The summed E-state index contributed by atoms with van der Waals surface area (Å²) in [5, 5.41) is 1.61. The van der Waals surface area contributed by atoms with Gasteiger partial charge in [-0.3, -0.25) is 10.2 Å². The zero-order chi connectivity index (χ0) is 13.0. The third-order valence-corrected chi connectivity index (χ3v) is 3.04. The Balaban J connectivity index is 1.92. The summed E-state index contributed by atoms with van der Waals surface area (Å²) < 4.78 is 5.50. The van der Waals surface area contributed by atoms with Crippen molar-refractivity contribution >= 4 is 5.91 Å². The fourth-order valence-electron chi connectivity index (χ4n) is 2.23. The number of aryl methyl sites for hydroxylation is 2. The van der Waals surface area contributed by atoms with Crippen molar-refractivity contribution in [1.29, 1.82) is 0 Å². The number of nitrogens with one attached hydrogen (secondary N) is 1. The highest BCUT2D eigenvalue weighted by Gasteiger charge is 2.10. The fourth-order valence-corrected chi connectivity index (χ4v) is 2.23. The Morgan fingerprint density at radius 1 is 1.28 bits per heavy atom. The van der Waals surface area contributed by atoms with Crippen LogP contribution >= 0.6 is 0 Å². The van der Waals surface area contributed by atoms with E-state index in [-0.39, 0.29) is 12.5 Å². The lowest BCUT2D eigenvalue weighted by Gasteiger charge is -2.17. The molecule has 0 radical (unpaired) electrons. The maximum atomic E-state index is 11.4. The summed E-state index contributed by atoms with van der Waals surface area (Å²) in [6.45, 7) is 0.0525. The second kappa shape index (κ2) is 5.87. The lowest BCUT2D eigenvalue weighted by Crippen LogP contribution is -2.39. The lowest BCUT2D eigenvalue weighted by atomic mass is 9.92. The van der Waals surface area contributed by atoms with Gasteiger partial charge in [0.2, 0.25) is 0 Å². The molecular formula is C14H20N2O2. The molecule has 1 amide bonds. The van der Waals surface area contributed by atoms with E-state index in [2.05, 4.69) is 17.6 Å². The van der Waals surface area contributed by atoms with E-state index in [1.165, 1.54) is 24.0 Å². The number of amides is 1. The molecule has 0 saturated carbocycles. The van der Waals surface area contributed by atoms with Gasteiger partial charge in [0.05, 0.1) is 0 Å². The monoisotopic (exact) mass is 248 g/mol. The maximum absolute atomic E-state index is 11.4. The Morgan fingerprint density at radius 3 is 2.72 bits per heavy atom. The number of ether oxygens (including phenoxy) is 1. The number of nitrogens with zero attached hydrogens (tertiary/aromatic N) is 1. The van der Waals surface area contributed by atoms with Crippen LogP contribution in [0.25, 0.3) is 0 Å². The summed E-state index contributed by atoms with van der Waals surface area (Å²) in [4.78, 5) is 11.4. The molecule has 98 valence electrons. The molecule has 0 aliphatic heterocycles. The van der Waals surface area contributed by atoms with Crippen LogP contribution in [0.4, 0.5) is 0 Å². The average Bonchev–Trinajstić information content (AvgIpc) is 2.35. The molecule has 0 spiro atoms. The first-order valence-electron chi connectivity index (χ1n) is 6.36. The van der Waals surface area contributed by atoms with Crippen LogP contribution in [0.1, 0.15) is 24.0 Å².